The second-order valence-electron chi connectivity index (χ2n) is 5.98. The highest BCUT2D eigenvalue weighted by Gasteiger charge is 2.31. The number of rotatable bonds is 6. The summed E-state index contributed by atoms with van der Waals surface area (Å²) >= 11 is 0. The number of methoxy groups -OCH3 is 1. The lowest BCUT2D eigenvalue weighted by atomic mass is 10.1. The van der Waals surface area contributed by atoms with Crippen LogP contribution in [0.15, 0.2) is 30.5 Å². The van der Waals surface area contributed by atoms with Crippen LogP contribution in [0.2, 0.25) is 0 Å². The second-order valence-corrected chi connectivity index (χ2v) is 5.98. The molecule has 2 N–H and O–H groups in total. The molecule has 1 aliphatic rings. The Balaban J connectivity index is 1.77. The highest BCUT2D eigenvalue weighted by molar-refractivity contribution is 5.99. The lowest BCUT2D eigenvalue weighted by molar-refractivity contribution is 0.0646. The smallest absolute Gasteiger partial charge is 0.257 e. The summed E-state index contributed by atoms with van der Waals surface area (Å²) in [6.07, 6.45) is 3.18. The molecule has 6 heteroatoms. The van der Waals surface area contributed by atoms with Crippen LogP contribution in [0.5, 0.6) is 5.75 Å². The minimum atomic E-state index is -0.444. The van der Waals surface area contributed by atoms with Crippen LogP contribution >= 0.6 is 0 Å². The zero-order valence-corrected chi connectivity index (χ0v) is 13.3. The molecule has 0 saturated heterocycles. The van der Waals surface area contributed by atoms with Gasteiger partial charge in [-0.2, -0.15) is 5.10 Å². The normalized spacial score (nSPS) is 15.3. The molecule has 1 unspecified atom stereocenters. The highest BCUT2D eigenvalue weighted by Crippen LogP contribution is 2.33. The number of H-pyrrole nitrogens is 1. The number of carbonyl (C=O) groups excluding carboxylic acids is 1. The first-order chi connectivity index (χ1) is 11.1. The van der Waals surface area contributed by atoms with Crippen LogP contribution in [0.25, 0.3) is 11.3 Å². The molecule has 23 heavy (non-hydrogen) atoms. The monoisotopic (exact) mass is 315 g/mol. The van der Waals surface area contributed by atoms with Gasteiger partial charge in [0.2, 0.25) is 0 Å². The first-order valence-corrected chi connectivity index (χ1v) is 7.71. The van der Waals surface area contributed by atoms with E-state index in [9.17, 15) is 9.90 Å². The molecule has 1 amide bonds. The molecule has 0 spiro atoms. The maximum atomic E-state index is 12.6. The Hall–Kier alpha value is -2.34. The quantitative estimate of drug-likeness (QED) is 0.854. The number of hydrogen-bond acceptors (Lipinski definition) is 4. The van der Waals surface area contributed by atoms with Crippen molar-refractivity contribution in [3.05, 3.63) is 36.0 Å². The van der Waals surface area contributed by atoms with Crippen molar-refractivity contribution in [2.45, 2.75) is 18.9 Å². The van der Waals surface area contributed by atoms with Crippen LogP contribution in [0.3, 0.4) is 0 Å². The summed E-state index contributed by atoms with van der Waals surface area (Å²) in [5, 5.41) is 16.9. The molecular formula is C17H21N3O3. The van der Waals surface area contributed by atoms with E-state index in [2.05, 4.69) is 10.2 Å². The molecule has 1 atom stereocenters. The number of aliphatic hydroxyl groups is 1. The SMILES string of the molecule is COc1ccc(-c2[nH]ncc2C(=O)N(C)CC(O)C2CC2)cc1. The van der Waals surface area contributed by atoms with E-state index in [1.165, 1.54) is 6.20 Å². The number of aromatic nitrogens is 2. The Morgan fingerprint density at radius 2 is 2.13 bits per heavy atom. The molecular weight excluding hydrogens is 294 g/mol. The molecule has 1 aromatic heterocycles. The number of carbonyl (C=O) groups is 1. The minimum Gasteiger partial charge on any atom is -0.497 e. The van der Waals surface area contributed by atoms with Gasteiger partial charge in [-0.15, -0.1) is 0 Å². The maximum absolute atomic E-state index is 12.6. The van der Waals surface area contributed by atoms with E-state index in [0.717, 1.165) is 24.2 Å². The predicted octanol–water partition coefficient (Wildman–Crippen LogP) is 1.93. The van der Waals surface area contributed by atoms with Crippen molar-refractivity contribution in [3.63, 3.8) is 0 Å². The Bertz CT molecular complexity index is 677. The Labute approximate surface area is 135 Å². The molecule has 1 fully saturated rings. The maximum Gasteiger partial charge on any atom is 0.257 e. The van der Waals surface area contributed by atoms with Gasteiger partial charge in [-0.1, -0.05) is 0 Å². The van der Waals surface area contributed by atoms with Gasteiger partial charge < -0.3 is 14.7 Å². The molecule has 1 aliphatic carbocycles. The Morgan fingerprint density at radius 3 is 2.74 bits per heavy atom. The van der Waals surface area contributed by atoms with Crippen molar-refractivity contribution in [3.8, 4) is 17.0 Å². The predicted molar refractivity (Wildman–Crippen MR) is 86.3 cm³/mol. The fourth-order valence-corrected chi connectivity index (χ4v) is 2.63. The lowest BCUT2D eigenvalue weighted by Gasteiger charge is -2.20. The molecule has 1 saturated carbocycles. The van der Waals surface area contributed by atoms with Crippen LogP contribution < -0.4 is 4.74 Å². The van der Waals surface area contributed by atoms with Crippen LogP contribution in [-0.4, -0.2) is 52.9 Å². The lowest BCUT2D eigenvalue weighted by Crippen LogP contribution is -2.35. The van der Waals surface area contributed by atoms with Gasteiger partial charge in [-0.05, 0) is 43.0 Å². The van der Waals surface area contributed by atoms with Gasteiger partial charge in [0.1, 0.15) is 5.75 Å². The molecule has 0 aliphatic heterocycles. The van der Waals surface area contributed by atoms with Crippen LogP contribution in [0.4, 0.5) is 0 Å². The molecule has 3 rings (SSSR count). The van der Waals surface area contributed by atoms with Crippen LogP contribution in [-0.2, 0) is 0 Å². The van der Waals surface area contributed by atoms with E-state index in [-0.39, 0.29) is 5.91 Å². The van der Waals surface area contributed by atoms with Crippen LogP contribution in [0.1, 0.15) is 23.2 Å². The Kier molecular flexibility index (Phi) is 4.34. The van der Waals surface area contributed by atoms with E-state index in [1.54, 1.807) is 19.1 Å². The van der Waals surface area contributed by atoms with E-state index >= 15 is 0 Å². The average molecular weight is 315 g/mol. The van der Waals surface area contributed by atoms with Gasteiger partial charge in [0.05, 0.1) is 30.7 Å². The van der Waals surface area contributed by atoms with Gasteiger partial charge in [0.15, 0.2) is 0 Å². The number of amides is 1. The standard InChI is InChI=1S/C17H21N3O3/c1-20(10-15(21)11-3-4-11)17(22)14-9-18-19-16(14)12-5-7-13(23-2)8-6-12/h5-9,11,15,21H,3-4,10H2,1-2H3,(H,18,19). The molecule has 0 bridgehead atoms. The molecule has 122 valence electrons. The second kappa shape index (κ2) is 6.42. The molecule has 6 nitrogen and oxygen atoms in total. The molecule has 1 heterocycles. The van der Waals surface area contributed by atoms with Crippen molar-refractivity contribution in [1.29, 1.82) is 0 Å². The fourth-order valence-electron chi connectivity index (χ4n) is 2.63. The summed E-state index contributed by atoms with van der Waals surface area (Å²) in [6, 6.07) is 7.43. The van der Waals surface area contributed by atoms with Crippen molar-refractivity contribution in [2.24, 2.45) is 5.92 Å². The van der Waals surface area contributed by atoms with Gasteiger partial charge in [-0.25, -0.2) is 0 Å². The van der Waals surface area contributed by atoms with Crippen molar-refractivity contribution in [1.82, 2.24) is 15.1 Å². The number of benzene rings is 1. The topological polar surface area (TPSA) is 78.5 Å². The summed E-state index contributed by atoms with van der Waals surface area (Å²) in [5.41, 5.74) is 2.04. The number of nitrogens with zero attached hydrogens (tertiary/aromatic N) is 2. The van der Waals surface area contributed by atoms with Gasteiger partial charge >= 0.3 is 0 Å². The van der Waals surface area contributed by atoms with Gasteiger partial charge in [-0.3, -0.25) is 9.89 Å². The highest BCUT2D eigenvalue weighted by atomic mass is 16.5. The summed E-state index contributed by atoms with van der Waals surface area (Å²) in [4.78, 5) is 14.2. The van der Waals surface area contributed by atoms with E-state index in [1.807, 2.05) is 24.3 Å². The van der Waals surface area contributed by atoms with Crippen LogP contribution in [0, 0.1) is 5.92 Å². The third kappa shape index (κ3) is 3.37. The van der Waals surface area contributed by atoms with Crippen molar-refractivity contribution in [2.75, 3.05) is 20.7 Å². The van der Waals surface area contributed by atoms with Gasteiger partial charge in [0, 0.05) is 19.2 Å². The molecule has 2 aromatic rings. The number of likely N-dealkylation sites (N-methyl/N-ethyl adjacent to an activating group) is 1. The van der Waals surface area contributed by atoms with E-state index in [0.29, 0.717) is 23.7 Å². The third-order valence-corrected chi connectivity index (χ3v) is 4.22. The largest absolute Gasteiger partial charge is 0.497 e. The molecule has 0 radical (unpaired) electrons. The third-order valence-electron chi connectivity index (χ3n) is 4.22. The summed E-state index contributed by atoms with van der Waals surface area (Å²) in [7, 11) is 3.32. The summed E-state index contributed by atoms with van der Waals surface area (Å²) in [5.74, 6) is 0.950. The average Bonchev–Trinajstić information content (AvgIpc) is 3.31. The zero-order valence-electron chi connectivity index (χ0n) is 13.3. The molecule has 1 aromatic carbocycles. The number of nitrogens with one attached hydrogen (secondary N) is 1. The number of aromatic amines is 1. The van der Waals surface area contributed by atoms with Gasteiger partial charge in [0.25, 0.3) is 5.91 Å². The first kappa shape index (κ1) is 15.6. The van der Waals surface area contributed by atoms with Crippen molar-refractivity contribution < 1.29 is 14.6 Å². The Morgan fingerprint density at radius 1 is 1.43 bits per heavy atom. The van der Waals surface area contributed by atoms with Crippen molar-refractivity contribution >= 4 is 5.91 Å². The summed E-state index contributed by atoms with van der Waals surface area (Å²) in [6.45, 7) is 0.344. The summed E-state index contributed by atoms with van der Waals surface area (Å²) < 4.78 is 5.15. The van der Waals surface area contributed by atoms with E-state index < -0.39 is 6.10 Å². The number of aliphatic hydroxyl groups excluding tert-OH is 1. The fraction of sp³-hybridized carbons (Fsp3) is 0.412. The minimum absolute atomic E-state index is 0.149. The first-order valence-electron chi connectivity index (χ1n) is 7.71. The number of hydrogen-bond donors (Lipinski definition) is 2. The number of ether oxygens (including phenoxy) is 1. The zero-order chi connectivity index (χ0) is 16.4. The van der Waals surface area contributed by atoms with E-state index in [4.69, 9.17) is 4.74 Å².